The van der Waals surface area contributed by atoms with Crippen LogP contribution in [-0.4, -0.2) is 7.11 Å². The monoisotopic (exact) mass is 459 g/mol. The lowest BCUT2D eigenvalue weighted by molar-refractivity contribution is 0.284. The van der Waals surface area contributed by atoms with E-state index in [1.54, 1.807) is 7.11 Å². The molecule has 0 amide bonds. The number of nitrogens with one attached hydrogen (secondary N) is 1. The molecule has 0 saturated carbocycles. The lowest BCUT2D eigenvalue weighted by Gasteiger charge is -2.16. The summed E-state index contributed by atoms with van der Waals surface area (Å²) in [6.45, 7) is 5.24. The molecule has 0 unspecified atom stereocenters. The molecule has 0 bridgehead atoms. The topological polar surface area (TPSA) is 30.5 Å². The van der Waals surface area contributed by atoms with E-state index in [4.69, 9.17) is 21.1 Å². The molecule has 0 aliphatic heterocycles. The SMILES string of the molecule is COc1cc(CNc2cc(C)ccc2C)cc(Cl)c1OCc1ccc(Br)cc1. The van der Waals surface area contributed by atoms with Crippen LogP contribution in [0.5, 0.6) is 11.5 Å². The second-order valence-corrected chi connectivity index (χ2v) is 8.02. The summed E-state index contributed by atoms with van der Waals surface area (Å²) in [4.78, 5) is 0. The van der Waals surface area contributed by atoms with Crippen LogP contribution in [0.1, 0.15) is 22.3 Å². The fraction of sp³-hybridized carbons (Fsp3) is 0.217. The molecule has 0 spiro atoms. The Morgan fingerprint density at radius 3 is 2.43 bits per heavy atom. The molecular formula is C23H23BrClNO2. The third kappa shape index (κ3) is 5.21. The van der Waals surface area contributed by atoms with Gasteiger partial charge in [-0.05, 0) is 66.4 Å². The van der Waals surface area contributed by atoms with Crippen LogP contribution in [0, 0.1) is 13.8 Å². The highest BCUT2D eigenvalue weighted by atomic mass is 79.9. The van der Waals surface area contributed by atoms with Gasteiger partial charge in [-0.2, -0.15) is 0 Å². The summed E-state index contributed by atoms with van der Waals surface area (Å²) in [6, 6.07) is 18.2. The Labute approximate surface area is 179 Å². The molecule has 0 saturated heterocycles. The van der Waals surface area contributed by atoms with Gasteiger partial charge < -0.3 is 14.8 Å². The Bertz CT molecular complexity index is 958. The number of methoxy groups -OCH3 is 1. The van der Waals surface area contributed by atoms with Gasteiger partial charge in [-0.3, -0.25) is 0 Å². The molecule has 0 aliphatic rings. The lowest BCUT2D eigenvalue weighted by atomic mass is 10.1. The number of anilines is 1. The van der Waals surface area contributed by atoms with Gasteiger partial charge in [0.05, 0.1) is 12.1 Å². The molecule has 0 aliphatic carbocycles. The second-order valence-electron chi connectivity index (χ2n) is 6.70. The van der Waals surface area contributed by atoms with Gasteiger partial charge in [0.25, 0.3) is 0 Å². The zero-order chi connectivity index (χ0) is 20.1. The Morgan fingerprint density at radius 2 is 1.71 bits per heavy atom. The van der Waals surface area contributed by atoms with Crippen LogP contribution < -0.4 is 14.8 Å². The maximum absolute atomic E-state index is 6.50. The summed E-state index contributed by atoms with van der Waals surface area (Å²) in [7, 11) is 1.63. The molecule has 3 aromatic rings. The lowest BCUT2D eigenvalue weighted by Crippen LogP contribution is -2.03. The second kappa shape index (κ2) is 9.35. The quantitative estimate of drug-likeness (QED) is 0.415. The average molecular weight is 461 g/mol. The molecular weight excluding hydrogens is 438 g/mol. The van der Waals surface area contributed by atoms with E-state index >= 15 is 0 Å². The maximum Gasteiger partial charge on any atom is 0.180 e. The number of benzene rings is 3. The van der Waals surface area contributed by atoms with Crippen molar-refractivity contribution in [2.24, 2.45) is 0 Å². The minimum absolute atomic E-state index is 0.420. The third-order valence-electron chi connectivity index (χ3n) is 4.46. The Hall–Kier alpha value is -2.17. The molecule has 3 nitrogen and oxygen atoms in total. The predicted octanol–water partition coefficient (Wildman–Crippen LogP) is 6.92. The highest BCUT2D eigenvalue weighted by molar-refractivity contribution is 9.10. The Balaban J connectivity index is 1.73. The van der Waals surface area contributed by atoms with Gasteiger partial charge in [-0.1, -0.05) is 51.8 Å². The van der Waals surface area contributed by atoms with E-state index in [1.807, 2.05) is 36.4 Å². The fourth-order valence-corrected chi connectivity index (χ4v) is 3.43. The van der Waals surface area contributed by atoms with Crippen LogP contribution >= 0.6 is 27.5 Å². The molecule has 5 heteroatoms. The van der Waals surface area contributed by atoms with E-state index in [1.165, 1.54) is 11.1 Å². The Kier molecular flexibility index (Phi) is 6.87. The van der Waals surface area contributed by atoms with Crippen LogP contribution in [0.25, 0.3) is 0 Å². The van der Waals surface area contributed by atoms with Crippen molar-refractivity contribution in [2.75, 3.05) is 12.4 Å². The molecule has 0 aromatic heterocycles. The fourth-order valence-electron chi connectivity index (χ4n) is 2.88. The third-order valence-corrected chi connectivity index (χ3v) is 5.27. The number of ether oxygens (including phenoxy) is 2. The Morgan fingerprint density at radius 1 is 0.964 bits per heavy atom. The smallest absolute Gasteiger partial charge is 0.180 e. The summed E-state index contributed by atoms with van der Waals surface area (Å²) in [5.74, 6) is 1.19. The standard InChI is InChI=1S/C23H23BrClNO2/c1-15-4-5-16(2)21(10-15)26-13-18-11-20(25)23(22(12-18)27-3)28-14-17-6-8-19(24)9-7-17/h4-12,26H,13-14H2,1-3H3. The van der Waals surface area contributed by atoms with Crippen molar-refractivity contribution in [3.8, 4) is 11.5 Å². The summed E-state index contributed by atoms with van der Waals surface area (Å²) in [5.41, 5.74) is 5.63. The van der Waals surface area contributed by atoms with Crippen molar-refractivity contribution in [3.63, 3.8) is 0 Å². The molecule has 0 heterocycles. The molecule has 0 radical (unpaired) electrons. The molecule has 146 valence electrons. The van der Waals surface area contributed by atoms with E-state index in [2.05, 4.69) is 53.3 Å². The van der Waals surface area contributed by atoms with E-state index in [9.17, 15) is 0 Å². The van der Waals surface area contributed by atoms with Crippen LogP contribution in [0.4, 0.5) is 5.69 Å². The van der Waals surface area contributed by atoms with E-state index in [-0.39, 0.29) is 0 Å². The number of aryl methyl sites for hydroxylation is 2. The van der Waals surface area contributed by atoms with Gasteiger partial charge in [0.15, 0.2) is 11.5 Å². The minimum atomic E-state index is 0.420. The number of rotatable bonds is 7. The number of hydrogen-bond donors (Lipinski definition) is 1. The maximum atomic E-state index is 6.50. The van der Waals surface area contributed by atoms with Gasteiger partial charge in [-0.15, -0.1) is 0 Å². The molecule has 28 heavy (non-hydrogen) atoms. The first-order valence-corrected chi connectivity index (χ1v) is 10.2. The van der Waals surface area contributed by atoms with Crippen molar-refractivity contribution in [1.29, 1.82) is 0 Å². The van der Waals surface area contributed by atoms with Crippen molar-refractivity contribution in [1.82, 2.24) is 0 Å². The highest BCUT2D eigenvalue weighted by Crippen LogP contribution is 2.37. The van der Waals surface area contributed by atoms with Gasteiger partial charge >= 0.3 is 0 Å². The number of halogens is 2. The van der Waals surface area contributed by atoms with E-state index < -0.39 is 0 Å². The van der Waals surface area contributed by atoms with Gasteiger partial charge in [0, 0.05) is 16.7 Å². The van der Waals surface area contributed by atoms with Crippen molar-refractivity contribution in [2.45, 2.75) is 27.0 Å². The minimum Gasteiger partial charge on any atom is -0.493 e. The first-order chi connectivity index (χ1) is 13.5. The largest absolute Gasteiger partial charge is 0.493 e. The molecule has 0 fully saturated rings. The number of hydrogen-bond acceptors (Lipinski definition) is 3. The first kappa shape index (κ1) is 20.6. The van der Waals surface area contributed by atoms with Crippen LogP contribution in [0.15, 0.2) is 59.1 Å². The molecule has 0 atom stereocenters. The molecule has 3 rings (SSSR count). The highest BCUT2D eigenvalue weighted by Gasteiger charge is 2.13. The summed E-state index contributed by atoms with van der Waals surface area (Å²) in [5, 5.41) is 4.01. The van der Waals surface area contributed by atoms with E-state index in [0.717, 1.165) is 21.3 Å². The van der Waals surface area contributed by atoms with Crippen molar-refractivity contribution in [3.05, 3.63) is 86.3 Å². The molecule has 1 N–H and O–H groups in total. The van der Waals surface area contributed by atoms with Crippen LogP contribution in [0.2, 0.25) is 5.02 Å². The summed E-state index contributed by atoms with van der Waals surface area (Å²) < 4.78 is 12.5. The van der Waals surface area contributed by atoms with Crippen LogP contribution in [0.3, 0.4) is 0 Å². The average Bonchev–Trinajstić information content (AvgIpc) is 2.68. The first-order valence-electron chi connectivity index (χ1n) is 9.01. The zero-order valence-electron chi connectivity index (χ0n) is 16.2. The normalized spacial score (nSPS) is 10.6. The van der Waals surface area contributed by atoms with Crippen molar-refractivity contribution < 1.29 is 9.47 Å². The van der Waals surface area contributed by atoms with Gasteiger partial charge in [0.1, 0.15) is 6.61 Å². The van der Waals surface area contributed by atoms with Gasteiger partial charge in [0.2, 0.25) is 0 Å². The van der Waals surface area contributed by atoms with Gasteiger partial charge in [-0.25, -0.2) is 0 Å². The van der Waals surface area contributed by atoms with Crippen molar-refractivity contribution >= 4 is 33.2 Å². The summed E-state index contributed by atoms with van der Waals surface area (Å²) >= 11 is 9.94. The zero-order valence-corrected chi connectivity index (χ0v) is 18.5. The van der Waals surface area contributed by atoms with Crippen LogP contribution in [-0.2, 0) is 13.2 Å². The van der Waals surface area contributed by atoms with E-state index in [0.29, 0.717) is 29.7 Å². The predicted molar refractivity (Wildman–Crippen MR) is 120 cm³/mol. The molecule has 3 aromatic carbocycles. The summed E-state index contributed by atoms with van der Waals surface area (Å²) in [6.07, 6.45) is 0.